The van der Waals surface area contributed by atoms with Crippen molar-refractivity contribution in [3.8, 4) is 0 Å². The summed E-state index contributed by atoms with van der Waals surface area (Å²) < 4.78 is 4.09. The van der Waals surface area contributed by atoms with Crippen molar-refractivity contribution in [3.05, 3.63) is 71.8 Å². The van der Waals surface area contributed by atoms with Crippen LogP contribution in [0, 0.1) is 0 Å². The monoisotopic (exact) mass is 374 g/mol. The minimum absolute atomic E-state index is 0.600. The summed E-state index contributed by atoms with van der Waals surface area (Å²) in [5.41, 5.74) is 4.30. The molecule has 0 radical (unpaired) electrons. The van der Waals surface area contributed by atoms with Crippen molar-refractivity contribution in [1.29, 1.82) is 0 Å². The highest BCUT2D eigenvalue weighted by molar-refractivity contribution is 7.99. The fourth-order valence-corrected chi connectivity index (χ4v) is 4.21. The Hall–Kier alpha value is -2.93. The van der Waals surface area contributed by atoms with Crippen LogP contribution in [-0.4, -0.2) is 35.9 Å². The Morgan fingerprint density at radius 1 is 0.963 bits per heavy atom. The average Bonchev–Trinajstić information content (AvgIpc) is 3.30. The van der Waals surface area contributed by atoms with Crippen LogP contribution in [0.1, 0.15) is 24.1 Å². The van der Waals surface area contributed by atoms with E-state index < -0.39 is 0 Å². The van der Waals surface area contributed by atoms with Crippen LogP contribution >= 0.6 is 11.8 Å². The normalized spacial score (nSPS) is 13.6. The van der Waals surface area contributed by atoms with Gasteiger partial charge in [-0.25, -0.2) is 4.98 Å². The third-order valence-corrected chi connectivity index (χ3v) is 5.62. The average molecular weight is 374 g/mol. The molecule has 27 heavy (non-hydrogen) atoms. The number of hydrogen-bond acceptors (Lipinski definition) is 5. The third-order valence-electron chi connectivity index (χ3n) is 4.69. The molecule has 0 atom stereocenters. The quantitative estimate of drug-likeness (QED) is 0.548. The molecule has 0 saturated heterocycles. The number of hydrogen-bond donors (Lipinski definition) is 0. The number of aryl methyl sites for hydroxylation is 1. The van der Waals surface area contributed by atoms with E-state index in [0.29, 0.717) is 6.54 Å². The number of fused-ring (bicyclic) bond motifs is 2. The standard InChI is InChI=1S/C20H18N6S/c1-2-18-21-15-10-6-7-11-17(15)25(18)12-19-22-23-20-26(19)24-16(13-27-20)14-8-4-3-5-9-14/h3-11H,2,12-13H2,1H3. The molecule has 0 spiro atoms. The van der Waals surface area contributed by atoms with Gasteiger partial charge in [-0.05, 0) is 17.7 Å². The van der Waals surface area contributed by atoms with Gasteiger partial charge in [-0.1, -0.05) is 61.2 Å². The van der Waals surface area contributed by atoms with E-state index in [-0.39, 0.29) is 0 Å². The first kappa shape index (κ1) is 16.3. The molecule has 1 aliphatic rings. The van der Waals surface area contributed by atoms with Gasteiger partial charge in [-0.15, -0.1) is 10.2 Å². The Bertz CT molecular complexity index is 1140. The zero-order chi connectivity index (χ0) is 18.2. The maximum Gasteiger partial charge on any atom is 0.212 e. The summed E-state index contributed by atoms with van der Waals surface area (Å²) in [6.07, 6.45) is 0.864. The van der Waals surface area contributed by atoms with Crippen LogP contribution in [0.5, 0.6) is 0 Å². The number of para-hydroxylation sites is 2. The van der Waals surface area contributed by atoms with Gasteiger partial charge in [-0.2, -0.15) is 9.78 Å². The third kappa shape index (κ3) is 2.84. The molecule has 0 fully saturated rings. The minimum Gasteiger partial charge on any atom is -0.320 e. The topological polar surface area (TPSA) is 60.9 Å². The Labute approximate surface area is 161 Å². The van der Waals surface area contributed by atoms with Crippen molar-refractivity contribution in [1.82, 2.24) is 24.4 Å². The van der Waals surface area contributed by atoms with Crippen molar-refractivity contribution in [2.24, 2.45) is 5.10 Å². The SMILES string of the molecule is CCc1nc2ccccc2n1Cc1nnc2n1N=C(c1ccccc1)CS2. The molecule has 134 valence electrons. The van der Waals surface area contributed by atoms with Crippen LogP contribution < -0.4 is 0 Å². The fourth-order valence-electron chi connectivity index (χ4n) is 3.35. The van der Waals surface area contributed by atoms with E-state index >= 15 is 0 Å². The predicted molar refractivity (Wildman–Crippen MR) is 107 cm³/mol. The van der Waals surface area contributed by atoms with Crippen molar-refractivity contribution in [3.63, 3.8) is 0 Å². The summed E-state index contributed by atoms with van der Waals surface area (Å²) >= 11 is 1.67. The zero-order valence-corrected chi connectivity index (χ0v) is 15.7. The first-order chi connectivity index (χ1) is 13.3. The van der Waals surface area contributed by atoms with Crippen molar-refractivity contribution >= 4 is 28.5 Å². The summed E-state index contributed by atoms with van der Waals surface area (Å²) in [6, 6.07) is 18.5. The first-order valence-corrected chi connectivity index (χ1v) is 9.96. The van der Waals surface area contributed by atoms with E-state index in [4.69, 9.17) is 10.1 Å². The second-order valence-electron chi connectivity index (χ2n) is 6.37. The lowest BCUT2D eigenvalue weighted by Gasteiger charge is -2.14. The van der Waals surface area contributed by atoms with Gasteiger partial charge in [0.25, 0.3) is 0 Å². The van der Waals surface area contributed by atoms with Gasteiger partial charge < -0.3 is 4.57 Å². The van der Waals surface area contributed by atoms with Gasteiger partial charge in [0.2, 0.25) is 5.16 Å². The van der Waals surface area contributed by atoms with Crippen LogP contribution in [0.4, 0.5) is 0 Å². The van der Waals surface area contributed by atoms with Gasteiger partial charge in [-0.3, -0.25) is 0 Å². The highest BCUT2D eigenvalue weighted by Gasteiger charge is 2.21. The van der Waals surface area contributed by atoms with E-state index in [1.165, 1.54) is 0 Å². The Balaban J connectivity index is 1.57. The summed E-state index contributed by atoms with van der Waals surface area (Å²) in [5, 5.41) is 14.4. The minimum atomic E-state index is 0.600. The molecule has 7 heteroatoms. The Morgan fingerprint density at radius 2 is 1.78 bits per heavy atom. The zero-order valence-electron chi connectivity index (χ0n) is 14.9. The number of thioether (sulfide) groups is 1. The van der Waals surface area contributed by atoms with Crippen molar-refractivity contribution < 1.29 is 0 Å². The van der Waals surface area contributed by atoms with Gasteiger partial charge >= 0.3 is 0 Å². The number of benzene rings is 2. The summed E-state index contributed by atoms with van der Waals surface area (Å²) in [4.78, 5) is 4.75. The summed E-state index contributed by atoms with van der Waals surface area (Å²) in [7, 11) is 0. The molecule has 0 saturated carbocycles. The highest BCUT2D eigenvalue weighted by atomic mass is 32.2. The smallest absolute Gasteiger partial charge is 0.212 e. The molecule has 0 amide bonds. The van der Waals surface area contributed by atoms with E-state index in [0.717, 1.165) is 51.3 Å². The molecule has 5 rings (SSSR count). The number of nitrogens with zero attached hydrogens (tertiary/aromatic N) is 6. The largest absolute Gasteiger partial charge is 0.320 e. The molecule has 0 bridgehead atoms. The van der Waals surface area contributed by atoms with Crippen molar-refractivity contribution in [2.75, 3.05) is 5.75 Å². The van der Waals surface area contributed by atoms with Crippen LogP contribution in [0.2, 0.25) is 0 Å². The maximum atomic E-state index is 4.85. The number of rotatable bonds is 4. The lowest BCUT2D eigenvalue weighted by Crippen LogP contribution is -2.16. The van der Waals surface area contributed by atoms with E-state index in [2.05, 4.69) is 39.9 Å². The van der Waals surface area contributed by atoms with E-state index in [9.17, 15) is 0 Å². The predicted octanol–water partition coefficient (Wildman–Crippen LogP) is 3.60. The second kappa shape index (κ2) is 6.66. The molecule has 0 unspecified atom stereocenters. The van der Waals surface area contributed by atoms with Gasteiger partial charge in [0, 0.05) is 12.2 Å². The lowest BCUT2D eigenvalue weighted by atomic mass is 10.1. The molecule has 0 aliphatic carbocycles. The molecule has 6 nitrogen and oxygen atoms in total. The lowest BCUT2D eigenvalue weighted by molar-refractivity contribution is 0.650. The Kier molecular flexibility index (Phi) is 4.01. The molecule has 4 aromatic rings. The maximum absolute atomic E-state index is 4.85. The van der Waals surface area contributed by atoms with Crippen LogP contribution in [0.25, 0.3) is 11.0 Å². The molecule has 0 N–H and O–H groups in total. The highest BCUT2D eigenvalue weighted by Crippen LogP contribution is 2.25. The molecular formula is C20H18N6S. The van der Waals surface area contributed by atoms with Crippen LogP contribution in [0.3, 0.4) is 0 Å². The van der Waals surface area contributed by atoms with Gasteiger partial charge in [0.05, 0.1) is 23.3 Å². The second-order valence-corrected chi connectivity index (χ2v) is 7.31. The molecule has 3 heterocycles. The molecule has 2 aromatic carbocycles. The number of aromatic nitrogens is 5. The van der Waals surface area contributed by atoms with Gasteiger partial charge in [0.15, 0.2) is 5.82 Å². The van der Waals surface area contributed by atoms with Crippen molar-refractivity contribution in [2.45, 2.75) is 25.0 Å². The molecule has 1 aliphatic heterocycles. The number of imidazole rings is 1. The summed E-state index contributed by atoms with van der Waals surface area (Å²) in [5.74, 6) is 2.67. The first-order valence-electron chi connectivity index (χ1n) is 8.98. The van der Waals surface area contributed by atoms with Gasteiger partial charge in [0.1, 0.15) is 5.82 Å². The van der Waals surface area contributed by atoms with E-state index in [1.807, 2.05) is 41.1 Å². The Morgan fingerprint density at radius 3 is 2.63 bits per heavy atom. The molecular weight excluding hydrogens is 356 g/mol. The molecule has 2 aromatic heterocycles. The van der Waals surface area contributed by atoms with Crippen LogP contribution in [-0.2, 0) is 13.0 Å². The summed E-state index contributed by atoms with van der Waals surface area (Å²) in [6.45, 7) is 2.72. The van der Waals surface area contributed by atoms with Crippen LogP contribution in [0.15, 0.2) is 64.9 Å². The van der Waals surface area contributed by atoms with E-state index in [1.54, 1.807) is 11.8 Å². The fraction of sp³-hybridized carbons (Fsp3) is 0.200.